The fourth-order valence-electron chi connectivity index (χ4n) is 2.00. The van der Waals surface area contributed by atoms with Gasteiger partial charge in [-0.15, -0.1) is 0 Å². The Morgan fingerprint density at radius 1 is 1.16 bits per heavy atom. The first-order chi connectivity index (χ1) is 9.13. The highest BCUT2D eigenvalue weighted by Gasteiger charge is 2.08. The average molecular weight is 296 g/mol. The summed E-state index contributed by atoms with van der Waals surface area (Å²) in [5.74, 6) is -0.355. The van der Waals surface area contributed by atoms with Crippen LogP contribution in [0.3, 0.4) is 0 Å². The van der Waals surface area contributed by atoms with E-state index in [1.54, 1.807) is 6.07 Å². The Kier molecular flexibility index (Phi) is 3.12. The van der Waals surface area contributed by atoms with Crippen LogP contribution >= 0.6 is 23.2 Å². The average Bonchev–Trinajstić information content (AvgIpc) is 2.73. The molecule has 0 saturated heterocycles. The maximum Gasteiger partial charge on any atom is 0.145 e. The molecule has 0 aliphatic heterocycles. The molecule has 3 rings (SSSR count). The van der Waals surface area contributed by atoms with Gasteiger partial charge in [-0.05, 0) is 29.8 Å². The summed E-state index contributed by atoms with van der Waals surface area (Å²) in [6, 6.07) is 6.27. The van der Waals surface area contributed by atoms with Crippen molar-refractivity contribution in [3.63, 3.8) is 0 Å². The summed E-state index contributed by atoms with van der Waals surface area (Å²) >= 11 is 11.8. The molecule has 0 aliphatic rings. The zero-order chi connectivity index (χ0) is 13.4. The second-order valence-electron chi connectivity index (χ2n) is 4.12. The third-order valence-corrected chi connectivity index (χ3v) is 3.30. The Bertz CT molecular complexity index is 734. The zero-order valence-electron chi connectivity index (χ0n) is 9.65. The Morgan fingerprint density at radius 3 is 2.79 bits per heavy atom. The van der Waals surface area contributed by atoms with E-state index in [-0.39, 0.29) is 5.82 Å². The van der Waals surface area contributed by atoms with Crippen LogP contribution in [0.4, 0.5) is 4.39 Å². The first-order valence-electron chi connectivity index (χ1n) is 5.54. The van der Waals surface area contributed by atoms with Crippen LogP contribution in [0.2, 0.25) is 10.2 Å². The normalized spacial score (nSPS) is 11.1. The van der Waals surface area contributed by atoms with Crippen molar-refractivity contribution >= 4 is 34.2 Å². The molecule has 1 aromatic carbocycles. The molecular formula is C13H8Cl2FN3. The molecule has 0 bridgehead atoms. The zero-order valence-corrected chi connectivity index (χ0v) is 11.2. The van der Waals surface area contributed by atoms with Gasteiger partial charge in [0.05, 0.1) is 5.39 Å². The van der Waals surface area contributed by atoms with Crippen LogP contribution in [0.15, 0.2) is 36.8 Å². The van der Waals surface area contributed by atoms with E-state index in [1.165, 1.54) is 18.5 Å². The summed E-state index contributed by atoms with van der Waals surface area (Å²) < 4.78 is 15.2. The summed E-state index contributed by atoms with van der Waals surface area (Å²) in [5, 5.41) is 1.55. The predicted molar refractivity (Wildman–Crippen MR) is 73.1 cm³/mol. The lowest BCUT2D eigenvalue weighted by molar-refractivity contribution is 0.624. The van der Waals surface area contributed by atoms with Crippen molar-refractivity contribution < 1.29 is 4.39 Å². The van der Waals surface area contributed by atoms with Gasteiger partial charge in [0.25, 0.3) is 0 Å². The van der Waals surface area contributed by atoms with Crippen LogP contribution in [0, 0.1) is 5.82 Å². The molecule has 6 heteroatoms. The Morgan fingerprint density at radius 2 is 2.00 bits per heavy atom. The molecule has 0 unspecified atom stereocenters. The van der Waals surface area contributed by atoms with Crippen LogP contribution in [-0.4, -0.2) is 14.5 Å². The lowest BCUT2D eigenvalue weighted by atomic mass is 10.2. The van der Waals surface area contributed by atoms with Crippen LogP contribution in [0.25, 0.3) is 11.0 Å². The van der Waals surface area contributed by atoms with Gasteiger partial charge in [0, 0.05) is 17.8 Å². The molecule has 0 radical (unpaired) electrons. The maximum absolute atomic E-state index is 13.3. The van der Waals surface area contributed by atoms with E-state index >= 15 is 0 Å². The number of rotatable bonds is 2. The number of hydrogen-bond acceptors (Lipinski definition) is 2. The van der Waals surface area contributed by atoms with Gasteiger partial charge >= 0.3 is 0 Å². The first kappa shape index (κ1) is 12.4. The molecule has 19 heavy (non-hydrogen) atoms. The molecule has 3 nitrogen and oxygen atoms in total. The van der Waals surface area contributed by atoms with Gasteiger partial charge in [-0.3, -0.25) is 0 Å². The molecule has 0 fully saturated rings. The van der Waals surface area contributed by atoms with Gasteiger partial charge in [-0.2, -0.15) is 0 Å². The molecule has 96 valence electrons. The van der Waals surface area contributed by atoms with Crippen molar-refractivity contribution in [2.24, 2.45) is 0 Å². The summed E-state index contributed by atoms with van der Waals surface area (Å²) in [7, 11) is 0. The van der Waals surface area contributed by atoms with E-state index in [0.717, 1.165) is 10.9 Å². The summed E-state index contributed by atoms with van der Waals surface area (Å²) in [6.07, 6.45) is 3.24. The van der Waals surface area contributed by atoms with E-state index in [4.69, 9.17) is 23.2 Å². The molecule has 0 aliphatic carbocycles. The highest BCUT2D eigenvalue weighted by molar-refractivity contribution is 6.33. The van der Waals surface area contributed by atoms with Crippen molar-refractivity contribution in [3.05, 3.63) is 58.3 Å². The molecule has 0 amide bonds. The molecule has 0 atom stereocenters. The number of benzene rings is 1. The second kappa shape index (κ2) is 4.79. The Labute approximate surface area is 118 Å². The van der Waals surface area contributed by atoms with Gasteiger partial charge in [0.1, 0.15) is 22.9 Å². The van der Waals surface area contributed by atoms with Gasteiger partial charge in [0.2, 0.25) is 0 Å². The van der Waals surface area contributed by atoms with Gasteiger partial charge < -0.3 is 4.57 Å². The highest BCUT2D eigenvalue weighted by Crippen LogP contribution is 2.22. The number of hydrogen-bond donors (Lipinski definition) is 0. The highest BCUT2D eigenvalue weighted by atomic mass is 35.5. The van der Waals surface area contributed by atoms with Gasteiger partial charge in [0.15, 0.2) is 0 Å². The maximum atomic E-state index is 13.3. The topological polar surface area (TPSA) is 30.7 Å². The monoisotopic (exact) mass is 295 g/mol. The van der Waals surface area contributed by atoms with Crippen LogP contribution in [0.5, 0.6) is 0 Å². The van der Waals surface area contributed by atoms with Crippen molar-refractivity contribution in [2.75, 3.05) is 0 Å². The quantitative estimate of drug-likeness (QED) is 0.671. The minimum atomic E-state index is -0.355. The van der Waals surface area contributed by atoms with Crippen LogP contribution < -0.4 is 0 Å². The molecule has 2 aromatic heterocycles. The smallest absolute Gasteiger partial charge is 0.145 e. The third-order valence-electron chi connectivity index (χ3n) is 2.78. The summed E-state index contributed by atoms with van der Waals surface area (Å²) in [6.45, 7) is 0.467. The van der Waals surface area contributed by atoms with Gasteiger partial charge in [-0.25, -0.2) is 14.4 Å². The Hall–Kier alpha value is -1.65. The van der Waals surface area contributed by atoms with E-state index < -0.39 is 0 Å². The molecule has 0 spiro atoms. The molecular weight excluding hydrogens is 288 g/mol. The van der Waals surface area contributed by atoms with E-state index in [1.807, 2.05) is 16.8 Å². The number of aromatic nitrogens is 3. The number of halogens is 3. The number of fused-ring (bicyclic) bond motifs is 1. The lowest BCUT2D eigenvalue weighted by Crippen LogP contribution is -2.00. The van der Waals surface area contributed by atoms with Crippen molar-refractivity contribution in [2.45, 2.75) is 6.54 Å². The molecule has 0 saturated carbocycles. The van der Waals surface area contributed by atoms with Crippen molar-refractivity contribution in [1.29, 1.82) is 0 Å². The predicted octanol–water partition coefficient (Wildman–Crippen LogP) is 3.93. The second-order valence-corrected chi connectivity index (χ2v) is 4.92. The van der Waals surface area contributed by atoms with Crippen LogP contribution in [-0.2, 0) is 6.54 Å². The van der Waals surface area contributed by atoms with Crippen molar-refractivity contribution in [1.82, 2.24) is 14.5 Å². The number of nitrogens with zero attached hydrogens (tertiary/aromatic N) is 3. The fraction of sp³-hybridized carbons (Fsp3) is 0.0769. The minimum Gasteiger partial charge on any atom is -0.328 e. The molecule has 0 N–H and O–H groups in total. The summed E-state index contributed by atoms with van der Waals surface area (Å²) in [4.78, 5) is 8.10. The van der Waals surface area contributed by atoms with E-state index in [0.29, 0.717) is 22.4 Å². The fourth-order valence-corrected chi connectivity index (χ4v) is 2.43. The van der Waals surface area contributed by atoms with E-state index in [9.17, 15) is 4.39 Å². The molecule has 2 heterocycles. The van der Waals surface area contributed by atoms with E-state index in [2.05, 4.69) is 9.97 Å². The van der Waals surface area contributed by atoms with Gasteiger partial charge in [-0.1, -0.05) is 23.2 Å². The molecule has 3 aromatic rings. The Balaban J connectivity index is 2.04. The largest absolute Gasteiger partial charge is 0.328 e. The van der Waals surface area contributed by atoms with Crippen LogP contribution in [0.1, 0.15) is 5.56 Å². The first-order valence-corrected chi connectivity index (χ1v) is 6.29. The lowest BCUT2D eigenvalue weighted by Gasteiger charge is -2.06. The third kappa shape index (κ3) is 2.41. The summed E-state index contributed by atoms with van der Waals surface area (Å²) in [5.41, 5.74) is 1.47. The SMILES string of the molecule is Fc1cc(Cl)cc(Cn2ccc3c(Cl)ncnc32)c1. The minimum absolute atomic E-state index is 0.355. The standard InChI is InChI=1S/C13H8Cl2FN3/c14-9-3-8(4-10(16)5-9)6-19-2-1-11-12(15)17-7-18-13(11)19/h1-5,7H,6H2. The van der Waals surface area contributed by atoms with Crippen molar-refractivity contribution in [3.8, 4) is 0 Å².